The fourth-order valence-electron chi connectivity index (χ4n) is 14.6. The maximum Gasteiger partial charge on any atom is 0.220 e. The first-order chi connectivity index (χ1) is 48.8. The number of allylic oxidation sites excluding steroid dienone is 1. The van der Waals surface area contributed by atoms with E-state index in [1.165, 1.54) is 295 Å². The van der Waals surface area contributed by atoms with Crippen LogP contribution >= 0.6 is 0 Å². The van der Waals surface area contributed by atoms with Crippen LogP contribution in [-0.4, -0.2) is 193 Å². The minimum Gasteiger partial charge on any atom is -0.394 e. The number of aliphatic hydroxyl groups is 11. The number of nitrogens with one attached hydrogen (secondary N) is 1. The van der Waals surface area contributed by atoms with Gasteiger partial charge in [0.15, 0.2) is 18.9 Å². The Kier molecular flexibility index (Phi) is 58.0. The molecule has 100 heavy (non-hydrogen) atoms. The van der Waals surface area contributed by atoms with E-state index in [1.807, 2.05) is 6.08 Å². The number of unbranched alkanes of at least 4 members (excludes halogenated alkanes) is 52. The molecule has 12 N–H and O–H groups in total. The van der Waals surface area contributed by atoms with Gasteiger partial charge in [-0.15, -0.1) is 0 Å². The molecule has 0 saturated carbocycles. The Morgan fingerprint density at radius 1 is 0.350 bits per heavy atom. The van der Waals surface area contributed by atoms with Crippen LogP contribution in [-0.2, 0) is 33.2 Å². The molecule has 3 saturated heterocycles. The SMILES string of the molecule is CCCCCCCCCCCCCCCCCCCCC/C=C/C(O)C(COC1OC(CO)C(OC2OC(CO)C(OC3OC(CO)C(O)C(O)C3O)C(O)C2O)C(O)C1O)NC(=O)CCCCCCCCCCCCCCCCCCCCCCCCCCCCCCCCCCCC. The first kappa shape index (κ1) is 92.7. The third kappa shape index (κ3) is 42.2. The van der Waals surface area contributed by atoms with Gasteiger partial charge in [0.25, 0.3) is 0 Å². The summed E-state index contributed by atoms with van der Waals surface area (Å²) >= 11 is 0. The smallest absolute Gasteiger partial charge is 0.220 e. The Labute approximate surface area is 607 Å². The van der Waals surface area contributed by atoms with Crippen molar-refractivity contribution in [3.05, 3.63) is 12.2 Å². The molecule has 0 bridgehead atoms. The topological polar surface area (TPSA) is 307 Å². The monoisotopic (exact) mass is 1430 g/mol. The van der Waals surface area contributed by atoms with Crippen LogP contribution in [0.1, 0.15) is 367 Å². The number of aliphatic hydroxyl groups excluding tert-OH is 11. The fraction of sp³-hybridized carbons (Fsp3) is 0.963. The summed E-state index contributed by atoms with van der Waals surface area (Å²) in [4.78, 5) is 13.5. The molecule has 19 nitrogen and oxygen atoms in total. The Morgan fingerprint density at radius 2 is 0.620 bits per heavy atom. The highest BCUT2D eigenvalue weighted by molar-refractivity contribution is 5.76. The van der Waals surface area contributed by atoms with Gasteiger partial charge in [-0.25, -0.2) is 0 Å². The van der Waals surface area contributed by atoms with Crippen molar-refractivity contribution in [2.24, 2.45) is 0 Å². The Bertz CT molecular complexity index is 1850. The van der Waals surface area contributed by atoms with Crippen molar-refractivity contribution in [1.82, 2.24) is 5.32 Å². The summed E-state index contributed by atoms with van der Waals surface area (Å²) in [6, 6.07) is -0.970. The Morgan fingerprint density at radius 3 is 0.940 bits per heavy atom. The van der Waals surface area contributed by atoms with Crippen molar-refractivity contribution in [1.29, 1.82) is 0 Å². The van der Waals surface area contributed by atoms with Crippen molar-refractivity contribution in [3.63, 3.8) is 0 Å². The highest BCUT2D eigenvalue weighted by Crippen LogP contribution is 2.33. The van der Waals surface area contributed by atoms with Gasteiger partial charge in [0, 0.05) is 6.42 Å². The molecule has 3 aliphatic rings. The van der Waals surface area contributed by atoms with Crippen molar-refractivity contribution in [2.45, 2.75) is 471 Å². The standard InChI is InChI=1S/C81H155NO18/c1-3-5-7-9-11-13-15-17-19-21-23-25-26-27-28-29-30-31-32-33-34-35-36-37-39-41-43-45-47-49-51-53-55-57-59-69(87)82-64(65(86)58-56-54-52-50-48-46-44-42-40-38-24-22-20-18-16-14-12-10-8-6-4-2)63-95-79-75(93)72(90)77(67(61-84)97-79)100-81-76(94)73(91)78(68(62-85)98-81)99-80-74(92)71(89)70(88)66(60-83)96-80/h56,58,64-68,70-81,83-86,88-94H,3-55,57,59-63H2,1-2H3,(H,82,87)/b58-56+. The zero-order valence-corrected chi connectivity index (χ0v) is 63.5. The van der Waals surface area contributed by atoms with Crippen LogP contribution in [0.2, 0.25) is 0 Å². The van der Waals surface area contributed by atoms with E-state index < -0.39 is 124 Å². The molecule has 0 aliphatic carbocycles. The van der Waals surface area contributed by atoms with Crippen molar-refractivity contribution < 1.29 is 89.4 Å². The van der Waals surface area contributed by atoms with Gasteiger partial charge in [0.05, 0.1) is 38.6 Å². The molecule has 19 heteroatoms. The average molecular weight is 1430 g/mol. The van der Waals surface area contributed by atoms with Crippen molar-refractivity contribution in [2.75, 3.05) is 26.4 Å². The number of carbonyl (C=O) groups is 1. The van der Waals surface area contributed by atoms with Crippen LogP contribution < -0.4 is 5.32 Å². The lowest BCUT2D eigenvalue weighted by atomic mass is 9.96. The molecule has 0 spiro atoms. The molecule has 17 atom stereocenters. The van der Waals surface area contributed by atoms with Crippen LogP contribution in [0.15, 0.2) is 12.2 Å². The molecule has 592 valence electrons. The molecule has 3 aliphatic heterocycles. The molecule has 3 heterocycles. The van der Waals surface area contributed by atoms with Gasteiger partial charge < -0.3 is 89.9 Å². The Balaban J connectivity index is 1.33. The number of ether oxygens (including phenoxy) is 6. The second kappa shape index (κ2) is 62.6. The highest BCUT2D eigenvalue weighted by atomic mass is 16.8. The van der Waals surface area contributed by atoms with E-state index in [0.29, 0.717) is 6.42 Å². The summed E-state index contributed by atoms with van der Waals surface area (Å²) in [5.74, 6) is -0.266. The van der Waals surface area contributed by atoms with Gasteiger partial charge in [0.2, 0.25) is 5.91 Å². The predicted octanol–water partition coefficient (Wildman–Crippen LogP) is 14.3. The van der Waals surface area contributed by atoms with E-state index in [2.05, 4.69) is 19.2 Å². The predicted molar refractivity (Wildman–Crippen MR) is 397 cm³/mol. The maximum absolute atomic E-state index is 13.5. The quantitative estimate of drug-likeness (QED) is 0.0199. The zero-order chi connectivity index (χ0) is 72.5. The number of carbonyl (C=O) groups excluding carboxylic acids is 1. The summed E-state index contributed by atoms with van der Waals surface area (Å²) in [6.07, 6.45) is 47.9. The minimum absolute atomic E-state index is 0.250. The lowest BCUT2D eigenvalue weighted by molar-refractivity contribution is -0.379. The number of rotatable bonds is 68. The van der Waals surface area contributed by atoms with Gasteiger partial charge in [-0.2, -0.15) is 0 Å². The summed E-state index contributed by atoms with van der Waals surface area (Å²) < 4.78 is 34.5. The minimum atomic E-state index is -1.98. The van der Waals surface area contributed by atoms with E-state index >= 15 is 0 Å². The molecule has 0 aromatic rings. The van der Waals surface area contributed by atoms with E-state index in [9.17, 15) is 61.0 Å². The highest BCUT2D eigenvalue weighted by Gasteiger charge is 2.54. The van der Waals surface area contributed by atoms with Crippen LogP contribution in [0.3, 0.4) is 0 Å². The second-order valence-electron chi connectivity index (χ2n) is 30.3. The third-order valence-electron chi connectivity index (χ3n) is 21.3. The van der Waals surface area contributed by atoms with Crippen LogP contribution in [0.4, 0.5) is 0 Å². The normalized spacial score (nSPS) is 26.4. The maximum atomic E-state index is 13.5. The first-order valence-corrected chi connectivity index (χ1v) is 41.9. The average Bonchev–Trinajstić information content (AvgIpc) is 0.783. The largest absolute Gasteiger partial charge is 0.394 e. The molecule has 17 unspecified atom stereocenters. The molecule has 0 radical (unpaired) electrons. The van der Waals surface area contributed by atoms with Crippen molar-refractivity contribution >= 4 is 5.91 Å². The second-order valence-corrected chi connectivity index (χ2v) is 30.3. The van der Waals surface area contributed by atoms with Crippen LogP contribution in [0.5, 0.6) is 0 Å². The van der Waals surface area contributed by atoms with Crippen molar-refractivity contribution in [3.8, 4) is 0 Å². The van der Waals surface area contributed by atoms with E-state index in [1.54, 1.807) is 6.08 Å². The summed E-state index contributed by atoms with van der Waals surface area (Å²) in [7, 11) is 0. The molecule has 1 amide bonds. The summed E-state index contributed by atoms with van der Waals surface area (Å²) in [6.45, 7) is 1.81. The van der Waals surface area contributed by atoms with E-state index in [-0.39, 0.29) is 18.9 Å². The van der Waals surface area contributed by atoms with Gasteiger partial charge in [-0.1, -0.05) is 353 Å². The number of hydrogen-bond donors (Lipinski definition) is 12. The number of amides is 1. The fourth-order valence-corrected chi connectivity index (χ4v) is 14.6. The summed E-state index contributed by atoms with van der Waals surface area (Å²) in [5.41, 5.74) is 0. The lowest BCUT2D eigenvalue weighted by Gasteiger charge is -2.48. The Hall–Kier alpha value is -1.47. The van der Waals surface area contributed by atoms with Gasteiger partial charge in [-0.3, -0.25) is 4.79 Å². The third-order valence-corrected chi connectivity index (χ3v) is 21.3. The molecule has 0 aromatic heterocycles. The lowest BCUT2D eigenvalue weighted by Crippen LogP contribution is -2.66. The van der Waals surface area contributed by atoms with Crippen LogP contribution in [0.25, 0.3) is 0 Å². The van der Waals surface area contributed by atoms with Gasteiger partial charge >= 0.3 is 0 Å². The van der Waals surface area contributed by atoms with E-state index in [4.69, 9.17) is 28.4 Å². The van der Waals surface area contributed by atoms with Gasteiger partial charge in [-0.05, 0) is 19.3 Å². The molecule has 3 fully saturated rings. The summed E-state index contributed by atoms with van der Waals surface area (Å²) in [5, 5.41) is 121. The van der Waals surface area contributed by atoms with Gasteiger partial charge in [0.1, 0.15) is 73.2 Å². The zero-order valence-electron chi connectivity index (χ0n) is 63.5. The molecule has 3 rings (SSSR count). The van der Waals surface area contributed by atoms with Crippen LogP contribution in [0, 0.1) is 0 Å². The molecule has 0 aromatic carbocycles. The number of hydrogen-bond acceptors (Lipinski definition) is 18. The van der Waals surface area contributed by atoms with E-state index in [0.717, 1.165) is 44.9 Å². The molecular weight excluding hydrogens is 1270 g/mol. The first-order valence-electron chi connectivity index (χ1n) is 41.9. The molecular formula is C81H155NO18.